The number of sulfonamides is 1. The van der Waals surface area contributed by atoms with Crippen LogP contribution in [-0.4, -0.2) is 174 Å². The summed E-state index contributed by atoms with van der Waals surface area (Å²) in [7, 11) is -1.22. The summed E-state index contributed by atoms with van der Waals surface area (Å²) >= 11 is 13.4. The van der Waals surface area contributed by atoms with Gasteiger partial charge in [0.1, 0.15) is 0 Å². The molecule has 2 N–H and O–H groups in total. The largest absolute Gasteiger partial charge is 0.379 e. The third kappa shape index (κ3) is 19.8. The number of ether oxygens (including phenoxy) is 8. The second kappa shape index (κ2) is 28.9. The topological polar surface area (TPSA) is 152 Å². The Bertz CT molecular complexity index is 1080. The number of hydrogen-bond donors (Lipinski definition) is 2. The second-order valence-electron chi connectivity index (χ2n) is 14.4. The molecule has 2 saturated carbocycles. The van der Waals surface area contributed by atoms with E-state index in [0.29, 0.717) is 142 Å². The van der Waals surface area contributed by atoms with Crippen LogP contribution >= 0.6 is 23.2 Å². The predicted octanol–water partition coefficient (Wildman–Crippen LogP) is 2.93. The zero-order valence-electron chi connectivity index (χ0n) is 32.7. The molecule has 0 aromatic carbocycles. The highest BCUT2D eigenvalue weighted by Gasteiger charge is 2.47. The quantitative estimate of drug-likeness (QED) is 0.0781. The van der Waals surface area contributed by atoms with Crippen molar-refractivity contribution in [3.05, 3.63) is 0 Å². The Morgan fingerprint density at radius 3 is 1.67 bits per heavy atom. The van der Waals surface area contributed by atoms with Gasteiger partial charge >= 0.3 is 0 Å². The molecule has 14 nitrogen and oxygen atoms in total. The average molecular weight is 835 g/mol. The van der Waals surface area contributed by atoms with E-state index in [1.165, 1.54) is 0 Å². The Morgan fingerprint density at radius 1 is 0.630 bits per heavy atom. The van der Waals surface area contributed by atoms with E-state index < -0.39 is 10.0 Å². The van der Waals surface area contributed by atoms with E-state index in [0.717, 1.165) is 38.8 Å². The number of halogens is 2. The Morgan fingerprint density at radius 2 is 1.11 bits per heavy atom. The van der Waals surface area contributed by atoms with Crippen molar-refractivity contribution in [1.29, 1.82) is 0 Å². The number of nitrogens with zero attached hydrogens (tertiary/aromatic N) is 1. The van der Waals surface area contributed by atoms with Crippen LogP contribution in [0.1, 0.15) is 51.9 Å². The molecule has 0 aromatic heterocycles. The van der Waals surface area contributed by atoms with Crippen molar-refractivity contribution < 1.29 is 51.1 Å². The maximum absolute atomic E-state index is 13.0. The lowest BCUT2D eigenvalue weighted by Crippen LogP contribution is -2.53. The molecule has 5 atom stereocenters. The first-order chi connectivity index (χ1) is 26.2. The minimum absolute atomic E-state index is 0.101. The molecule has 1 amide bonds. The van der Waals surface area contributed by atoms with Crippen LogP contribution in [0.2, 0.25) is 0 Å². The van der Waals surface area contributed by atoms with Crippen LogP contribution in [0.25, 0.3) is 0 Å². The lowest BCUT2D eigenvalue weighted by molar-refractivity contribution is -0.122. The summed E-state index contributed by atoms with van der Waals surface area (Å²) in [4.78, 5) is 14.3. The number of carbonyl (C=O) groups excluding carboxylic acids is 1. The van der Waals surface area contributed by atoms with Crippen molar-refractivity contribution in [2.45, 2.75) is 67.9 Å². The molecular formula is C37H69Cl2N3O11S. The smallest absolute Gasteiger partial charge is 0.222 e. The van der Waals surface area contributed by atoms with Crippen molar-refractivity contribution in [1.82, 2.24) is 14.9 Å². The van der Waals surface area contributed by atoms with Crippen molar-refractivity contribution in [2.75, 3.05) is 139 Å². The van der Waals surface area contributed by atoms with E-state index >= 15 is 0 Å². The number of likely N-dealkylation sites (tertiary alicyclic amines) is 1. The summed E-state index contributed by atoms with van der Waals surface area (Å²) in [6.07, 6.45) is 5.40. The minimum Gasteiger partial charge on any atom is -0.379 e. The first kappa shape index (κ1) is 48.0. The van der Waals surface area contributed by atoms with Crippen LogP contribution in [-0.2, 0) is 52.7 Å². The van der Waals surface area contributed by atoms with Crippen LogP contribution in [0.4, 0.5) is 0 Å². The minimum atomic E-state index is -3.40. The third-order valence-corrected chi connectivity index (χ3v) is 13.2. The maximum Gasteiger partial charge on any atom is 0.222 e. The van der Waals surface area contributed by atoms with Crippen molar-refractivity contribution in [3.63, 3.8) is 0 Å². The fourth-order valence-electron chi connectivity index (χ4n) is 7.71. The van der Waals surface area contributed by atoms with Gasteiger partial charge in [-0.25, -0.2) is 13.1 Å². The fourth-order valence-corrected chi connectivity index (χ4v) is 10.2. The van der Waals surface area contributed by atoms with Crippen LogP contribution in [0, 0.1) is 23.7 Å². The Labute approximate surface area is 334 Å². The SMILES string of the molecule is CCOCCOCCOCCOCCOCCC(=O)NCCOCCOCCOCCNS(=O)(=O)C1CCC(C2CN(C)CC3C(Cl)CC(Cl)CC32)CC1. The molecule has 0 aromatic rings. The van der Waals surface area contributed by atoms with Crippen LogP contribution in [0.3, 0.4) is 0 Å². The lowest BCUT2D eigenvalue weighted by Gasteiger charge is -2.51. The normalized spacial score (nSPS) is 26.5. The summed E-state index contributed by atoms with van der Waals surface area (Å²) in [6, 6.07) is 0. The van der Waals surface area contributed by atoms with E-state index in [2.05, 4.69) is 22.0 Å². The highest BCUT2D eigenvalue weighted by molar-refractivity contribution is 7.90. The molecule has 1 saturated heterocycles. The van der Waals surface area contributed by atoms with E-state index in [1.54, 1.807) is 0 Å². The van der Waals surface area contributed by atoms with Gasteiger partial charge in [0.05, 0.1) is 104 Å². The van der Waals surface area contributed by atoms with Gasteiger partial charge in [0.2, 0.25) is 15.9 Å². The number of nitrogens with one attached hydrogen (secondary N) is 2. The van der Waals surface area contributed by atoms with Crippen LogP contribution < -0.4 is 10.0 Å². The van der Waals surface area contributed by atoms with Gasteiger partial charge in [0, 0.05) is 50.0 Å². The molecule has 3 rings (SSSR count). The highest BCUT2D eigenvalue weighted by atomic mass is 35.5. The molecule has 318 valence electrons. The molecule has 3 aliphatic rings. The van der Waals surface area contributed by atoms with Crippen LogP contribution in [0.5, 0.6) is 0 Å². The first-order valence-corrected chi connectivity index (χ1v) is 22.5. The molecule has 0 radical (unpaired) electrons. The fraction of sp³-hybridized carbons (Fsp3) is 0.973. The molecule has 2 aliphatic carbocycles. The standard InChI is InChI=1S/C37H69Cl2N3O11S/c1-3-46-14-15-50-22-23-53-25-24-51-19-16-47-11-8-37(43)40-9-12-48-17-20-52-21-18-49-13-10-41-54(44,45)32-6-4-30(5-7-32)34-28-42(2)29-35-33(34)26-31(38)27-36(35)39/h30-36,41H,3-29H2,1-2H3,(H,40,43). The van der Waals surface area contributed by atoms with Crippen molar-refractivity contribution in [3.8, 4) is 0 Å². The summed E-state index contributed by atoms with van der Waals surface area (Å²) < 4.78 is 72.2. The first-order valence-electron chi connectivity index (χ1n) is 20.0. The average Bonchev–Trinajstić information content (AvgIpc) is 3.15. The molecule has 0 bridgehead atoms. The van der Waals surface area contributed by atoms with Gasteiger partial charge < -0.3 is 48.1 Å². The summed E-state index contributed by atoms with van der Waals surface area (Å²) in [6.45, 7) is 11.9. The number of fused-ring (bicyclic) bond motifs is 1. The van der Waals surface area contributed by atoms with E-state index in [1.807, 2.05) is 6.92 Å². The summed E-state index contributed by atoms with van der Waals surface area (Å²) in [5, 5.41) is 2.70. The van der Waals surface area contributed by atoms with Crippen molar-refractivity contribution >= 4 is 39.1 Å². The third-order valence-electron chi connectivity index (χ3n) is 10.4. The Balaban J connectivity index is 1.06. The van der Waals surface area contributed by atoms with Gasteiger partial charge in [-0.05, 0) is 76.2 Å². The number of rotatable bonds is 31. The predicted molar refractivity (Wildman–Crippen MR) is 209 cm³/mol. The van der Waals surface area contributed by atoms with Gasteiger partial charge in [-0.3, -0.25) is 4.79 Å². The zero-order chi connectivity index (χ0) is 38.9. The zero-order valence-corrected chi connectivity index (χ0v) is 35.1. The van der Waals surface area contributed by atoms with Gasteiger partial charge in [0.25, 0.3) is 0 Å². The van der Waals surface area contributed by atoms with E-state index in [-0.39, 0.29) is 41.5 Å². The van der Waals surface area contributed by atoms with Gasteiger partial charge in [-0.1, -0.05) is 0 Å². The number of carbonyl (C=O) groups is 1. The Hall–Kier alpha value is -0.400. The summed E-state index contributed by atoms with van der Waals surface area (Å²) in [5.74, 6) is 1.95. The second-order valence-corrected chi connectivity index (χ2v) is 17.6. The molecule has 5 unspecified atom stereocenters. The maximum atomic E-state index is 13.0. The number of piperidine rings is 1. The van der Waals surface area contributed by atoms with Gasteiger partial charge in [-0.2, -0.15) is 0 Å². The van der Waals surface area contributed by atoms with Crippen LogP contribution in [0.15, 0.2) is 0 Å². The summed E-state index contributed by atoms with van der Waals surface area (Å²) in [5.41, 5.74) is 0. The number of alkyl halides is 2. The molecule has 17 heteroatoms. The van der Waals surface area contributed by atoms with E-state index in [9.17, 15) is 13.2 Å². The number of hydrogen-bond acceptors (Lipinski definition) is 12. The van der Waals surface area contributed by atoms with E-state index in [4.69, 9.17) is 61.1 Å². The van der Waals surface area contributed by atoms with Gasteiger partial charge in [0.15, 0.2) is 0 Å². The Kier molecular flexibility index (Phi) is 25.7. The molecule has 3 fully saturated rings. The molecule has 1 heterocycles. The van der Waals surface area contributed by atoms with Crippen molar-refractivity contribution in [2.24, 2.45) is 23.7 Å². The lowest BCUT2D eigenvalue weighted by atomic mass is 9.63. The number of amides is 1. The molecule has 1 aliphatic heterocycles. The van der Waals surface area contributed by atoms with Gasteiger partial charge in [-0.15, -0.1) is 23.2 Å². The highest BCUT2D eigenvalue weighted by Crippen LogP contribution is 2.48. The molecule has 0 spiro atoms. The molecular weight excluding hydrogens is 765 g/mol. The molecule has 54 heavy (non-hydrogen) atoms. The monoisotopic (exact) mass is 833 g/mol.